The normalized spacial score (nSPS) is 25.6. The van der Waals surface area contributed by atoms with Crippen LogP contribution in [0.25, 0.3) is 0 Å². The number of rotatable bonds is 3. The third kappa shape index (κ3) is 2.56. The number of nitrogens with zero attached hydrogens (tertiary/aromatic N) is 3. The van der Waals surface area contributed by atoms with Crippen LogP contribution >= 0.6 is 11.6 Å². The predicted molar refractivity (Wildman–Crippen MR) is 75.0 cm³/mol. The Bertz CT molecular complexity index is 405. The van der Waals surface area contributed by atoms with Gasteiger partial charge in [-0.1, -0.05) is 11.6 Å². The average Bonchev–Trinajstić information content (AvgIpc) is 2.61. The zero-order valence-electron chi connectivity index (χ0n) is 11.7. The van der Waals surface area contributed by atoms with Crippen LogP contribution in [0.1, 0.15) is 32.2 Å². The molecule has 5 heteroatoms. The van der Waals surface area contributed by atoms with Crippen molar-refractivity contribution in [3.05, 3.63) is 16.4 Å². The number of piperazine rings is 1. The van der Waals surface area contributed by atoms with E-state index in [0.717, 1.165) is 42.6 Å². The van der Waals surface area contributed by atoms with Gasteiger partial charge in [-0.05, 0) is 27.7 Å². The molecule has 0 saturated carbocycles. The van der Waals surface area contributed by atoms with Crippen molar-refractivity contribution >= 4 is 11.6 Å². The molecule has 18 heavy (non-hydrogen) atoms. The minimum Gasteiger partial charge on any atom is -0.314 e. The number of hydrogen-bond donors (Lipinski definition) is 1. The fourth-order valence-electron chi connectivity index (χ4n) is 2.67. The lowest BCUT2D eigenvalue weighted by Crippen LogP contribution is -2.54. The Hall–Kier alpha value is -0.580. The molecular weight excluding hydrogens is 248 g/mol. The lowest BCUT2D eigenvalue weighted by Gasteiger charge is -2.39. The summed E-state index contributed by atoms with van der Waals surface area (Å²) in [6.45, 7) is 12.4. The van der Waals surface area contributed by atoms with Gasteiger partial charge in [0, 0.05) is 38.3 Å². The fraction of sp³-hybridized carbons (Fsp3) is 0.769. The summed E-state index contributed by atoms with van der Waals surface area (Å²) in [6.07, 6.45) is 0. The SMILES string of the molecule is CCn1nc(C)c(Cl)c1CN1C(C)CNCC1C. The molecule has 1 N–H and O–H groups in total. The number of aryl methyl sites for hydroxylation is 2. The van der Waals surface area contributed by atoms with E-state index in [9.17, 15) is 0 Å². The molecule has 1 fully saturated rings. The maximum atomic E-state index is 6.38. The molecule has 0 radical (unpaired) electrons. The van der Waals surface area contributed by atoms with E-state index in [1.165, 1.54) is 0 Å². The molecule has 0 aliphatic carbocycles. The molecule has 4 nitrogen and oxygen atoms in total. The zero-order valence-corrected chi connectivity index (χ0v) is 12.5. The first kappa shape index (κ1) is 13.8. The summed E-state index contributed by atoms with van der Waals surface area (Å²) in [6, 6.07) is 1.07. The number of halogens is 1. The molecular formula is C13H23ClN4. The van der Waals surface area contributed by atoms with Gasteiger partial charge in [0.25, 0.3) is 0 Å². The number of hydrogen-bond acceptors (Lipinski definition) is 3. The summed E-state index contributed by atoms with van der Waals surface area (Å²) in [5.41, 5.74) is 2.08. The molecule has 102 valence electrons. The minimum absolute atomic E-state index is 0.533. The molecule has 2 heterocycles. The van der Waals surface area contributed by atoms with Crippen molar-refractivity contribution in [3.8, 4) is 0 Å². The highest BCUT2D eigenvalue weighted by molar-refractivity contribution is 6.31. The third-order valence-corrected chi connectivity index (χ3v) is 4.29. The second kappa shape index (κ2) is 5.59. The molecule has 1 aliphatic rings. The standard InChI is InChI=1S/C13H23ClN4/c1-5-18-12(13(14)11(4)16-18)8-17-9(2)6-15-7-10(17)3/h9-10,15H,5-8H2,1-4H3. The largest absolute Gasteiger partial charge is 0.314 e. The summed E-state index contributed by atoms with van der Waals surface area (Å²) in [7, 11) is 0. The molecule has 2 atom stereocenters. The Labute approximate surface area is 114 Å². The van der Waals surface area contributed by atoms with Crippen molar-refractivity contribution in [3.63, 3.8) is 0 Å². The van der Waals surface area contributed by atoms with Gasteiger partial charge in [0.05, 0.1) is 16.4 Å². The van der Waals surface area contributed by atoms with Crippen molar-refractivity contribution in [1.29, 1.82) is 0 Å². The smallest absolute Gasteiger partial charge is 0.0860 e. The molecule has 2 rings (SSSR count). The van der Waals surface area contributed by atoms with E-state index in [4.69, 9.17) is 11.6 Å². The molecule has 1 saturated heterocycles. The van der Waals surface area contributed by atoms with Crippen LogP contribution < -0.4 is 5.32 Å². The van der Waals surface area contributed by atoms with Crippen molar-refractivity contribution in [2.45, 2.75) is 52.9 Å². The van der Waals surface area contributed by atoms with Crippen LogP contribution in [0.2, 0.25) is 5.02 Å². The molecule has 0 aromatic carbocycles. The van der Waals surface area contributed by atoms with E-state index in [2.05, 4.69) is 36.1 Å². The minimum atomic E-state index is 0.533. The van der Waals surface area contributed by atoms with Crippen LogP contribution in [0.3, 0.4) is 0 Å². The highest BCUT2D eigenvalue weighted by atomic mass is 35.5. The third-order valence-electron chi connectivity index (χ3n) is 3.80. The molecule has 0 amide bonds. The summed E-state index contributed by atoms with van der Waals surface area (Å²) >= 11 is 6.38. The van der Waals surface area contributed by atoms with Gasteiger partial charge in [0.15, 0.2) is 0 Å². The first-order valence-corrected chi connectivity index (χ1v) is 7.10. The Balaban J connectivity index is 2.22. The van der Waals surface area contributed by atoms with Crippen LogP contribution in [0.5, 0.6) is 0 Å². The van der Waals surface area contributed by atoms with Crippen molar-refractivity contribution < 1.29 is 0 Å². The summed E-state index contributed by atoms with van der Waals surface area (Å²) in [5, 5.41) is 8.77. The lowest BCUT2D eigenvalue weighted by atomic mass is 10.1. The van der Waals surface area contributed by atoms with Gasteiger partial charge in [-0.3, -0.25) is 9.58 Å². The first-order valence-electron chi connectivity index (χ1n) is 6.72. The van der Waals surface area contributed by atoms with Gasteiger partial charge in [0.1, 0.15) is 0 Å². The van der Waals surface area contributed by atoms with Crippen LogP contribution in [-0.2, 0) is 13.1 Å². The van der Waals surface area contributed by atoms with E-state index in [1.807, 2.05) is 11.6 Å². The van der Waals surface area contributed by atoms with Crippen LogP contribution in [-0.4, -0.2) is 39.9 Å². The molecule has 1 aromatic heterocycles. The summed E-state index contributed by atoms with van der Waals surface area (Å²) in [5.74, 6) is 0. The van der Waals surface area contributed by atoms with Gasteiger partial charge >= 0.3 is 0 Å². The summed E-state index contributed by atoms with van der Waals surface area (Å²) < 4.78 is 2.03. The van der Waals surface area contributed by atoms with Gasteiger partial charge in [-0.2, -0.15) is 5.10 Å². The molecule has 0 bridgehead atoms. The molecule has 1 aromatic rings. The molecule has 0 spiro atoms. The topological polar surface area (TPSA) is 33.1 Å². The zero-order chi connectivity index (χ0) is 13.3. The number of nitrogens with one attached hydrogen (secondary N) is 1. The van der Waals surface area contributed by atoms with Crippen molar-refractivity contribution in [1.82, 2.24) is 20.0 Å². The van der Waals surface area contributed by atoms with E-state index >= 15 is 0 Å². The predicted octanol–water partition coefficient (Wildman–Crippen LogP) is 2.05. The van der Waals surface area contributed by atoms with E-state index < -0.39 is 0 Å². The Morgan fingerprint density at radius 1 is 1.33 bits per heavy atom. The summed E-state index contributed by atoms with van der Waals surface area (Å²) in [4.78, 5) is 2.50. The molecule has 2 unspecified atom stereocenters. The lowest BCUT2D eigenvalue weighted by molar-refractivity contribution is 0.105. The first-order chi connectivity index (χ1) is 8.54. The van der Waals surface area contributed by atoms with Crippen LogP contribution in [0.4, 0.5) is 0 Å². The van der Waals surface area contributed by atoms with Crippen molar-refractivity contribution in [2.75, 3.05) is 13.1 Å². The Kier molecular flexibility index (Phi) is 4.30. The van der Waals surface area contributed by atoms with Gasteiger partial charge < -0.3 is 5.32 Å². The molecule has 1 aliphatic heterocycles. The fourth-order valence-corrected chi connectivity index (χ4v) is 2.87. The van der Waals surface area contributed by atoms with Gasteiger partial charge in [-0.25, -0.2) is 0 Å². The quantitative estimate of drug-likeness (QED) is 0.913. The van der Waals surface area contributed by atoms with E-state index in [-0.39, 0.29) is 0 Å². The average molecular weight is 271 g/mol. The Morgan fingerprint density at radius 3 is 2.50 bits per heavy atom. The number of aromatic nitrogens is 2. The van der Waals surface area contributed by atoms with Gasteiger partial charge in [0.2, 0.25) is 0 Å². The van der Waals surface area contributed by atoms with Crippen LogP contribution in [0, 0.1) is 6.92 Å². The van der Waals surface area contributed by atoms with Crippen LogP contribution in [0.15, 0.2) is 0 Å². The van der Waals surface area contributed by atoms with Crippen molar-refractivity contribution in [2.24, 2.45) is 0 Å². The highest BCUT2D eigenvalue weighted by Gasteiger charge is 2.26. The van der Waals surface area contributed by atoms with E-state index in [0.29, 0.717) is 12.1 Å². The monoisotopic (exact) mass is 270 g/mol. The second-order valence-electron chi connectivity index (χ2n) is 5.19. The van der Waals surface area contributed by atoms with E-state index in [1.54, 1.807) is 0 Å². The Morgan fingerprint density at radius 2 is 1.94 bits per heavy atom. The maximum Gasteiger partial charge on any atom is 0.0860 e. The second-order valence-corrected chi connectivity index (χ2v) is 5.57. The highest BCUT2D eigenvalue weighted by Crippen LogP contribution is 2.24. The maximum absolute atomic E-state index is 6.38. The van der Waals surface area contributed by atoms with Gasteiger partial charge in [-0.15, -0.1) is 0 Å².